The van der Waals surface area contributed by atoms with Gasteiger partial charge in [-0.25, -0.2) is 9.37 Å². The lowest BCUT2D eigenvalue weighted by Gasteiger charge is -2.21. The summed E-state index contributed by atoms with van der Waals surface area (Å²) in [5.41, 5.74) is 1.32. The first-order valence-corrected chi connectivity index (χ1v) is 7.33. The Bertz CT molecular complexity index is 605. The maximum Gasteiger partial charge on any atom is 0.151 e. The Labute approximate surface area is 117 Å². The molecule has 1 heterocycles. The van der Waals surface area contributed by atoms with Crippen LogP contribution in [0.5, 0.6) is 0 Å². The molecule has 0 amide bonds. The molecular weight excluding hydrogens is 263 g/mol. The summed E-state index contributed by atoms with van der Waals surface area (Å²) in [6, 6.07) is 5.54. The number of hydrogen-bond donors (Lipinski definition) is 0. The molecule has 4 heteroatoms. The number of alkyl halides is 1. The Kier molecular flexibility index (Phi) is 3.25. The van der Waals surface area contributed by atoms with Crippen molar-refractivity contribution in [3.05, 3.63) is 29.8 Å². The van der Waals surface area contributed by atoms with Gasteiger partial charge in [-0.05, 0) is 37.8 Å². The van der Waals surface area contributed by atoms with Crippen LogP contribution in [-0.2, 0) is 0 Å². The SMILES string of the molecule is CC(Cl)c1nc2c(F)cccc2n1C1CCCC1C. The number of hydrogen-bond acceptors (Lipinski definition) is 1. The average Bonchev–Trinajstić information content (AvgIpc) is 2.93. The zero-order chi connectivity index (χ0) is 13.6. The van der Waals surface area contributed by atoms with Gasteiger partial charge in [0.2, 0.25) is 0 Å². The Morgan fingerprint density at radius 3 is 2.84 bits per heavy atom. The Balaban J connectivity index is 2.25. The number of fused-ring (bicyclic) bond motifs is 1. The highest BCUT2D eigenvalue weighted by Gasteiger charge is 2.30. The molecular formula is C15H18ClFN2. The lowest BCUT2D eigenvalue weighted by atomic mass is 10.1. The third kappa shape index (κ3) is 2.04. The molecule has 19 heavy (non-hydrogen) atoms. The molecule has 0 bridgehead atoms. The molecule has 0 radical (unpaired) electrons. The van der Waals surface area contributed by atoms with Crippen LogP contribution in [0.4, 0.5) is 4.39 Å². The Morgan fingerprint density at radius 1 is 1.42 bits per heavy atom. The summed E-state index contributed by atoms with van der Waals surface area (Å²) in [5.74, 6) is 1.12. The maximum absolute atomic E-state index is 13.9. The van der Waals surface area contributed by atoms with Crippen molar-refractivity contribution >= 4 is 22.6 Å². The quantitative estimate of drug-likeness (QED) is 0.720. The summed E-state index contributed by atoms with van der Waals surface area (Å²) < 4.78 is 16.1. The van der Waals surface area contributed by atoms with E-state index in [1.165, 1.54) is 18.9 Å². The van der Waals surface area contributed by atoms with Crippen LogP contribution in [0.1, 0.15) is 50.4 Å². The molecule has 0 spiro atoms. The number of aromatic nitrogens is 2. The molecule has 0 N–H and O–H groups in total. The van der Waals surface area contributed by atoms with E-state index in [1.54, 1.807) is 6.07 Å². The maximum atomic E-state index is 13.9. The van der Waals surface area contributed by atoms with E-state index in [0.717, 1.165) is 17.8 Å². The van der Waals surface area contributed by atoms with Crippen molar-refractivity contribution in [1.29, 1.82) is 0 Å². The van der Waals surface area contributed by atoms with E-state index in [9.17, 15) is 4.39 Å². The Hall–Kier alpha value is -1.09. The van der Waals surface area contributed by atoms with Gasteiger partial charge in [0.15, 0.2) is 5.82 Å². The minimum atomic E-state index is -0.263. The zero-order valence-corrected chi connectivity index (χ0v) is 12.0. The molecule has 0 aliphatic heterocycles. The second-order valence-corrected chi connectivity index (χ2v) is 6.19. The van der Waals surface area contributed by atoms with Crippen molar-refractivity contribution in [2.75, 3.05) is 0 Å². The molecule has 3 unspecified atom stereocenters. The van der Waals surface area contributed by atoms with Gasteiger partial charge in [-0.15, -0.1) is 11.6 Å². The molecule has 1 aromatic carbocycles. The minimum absolute atomic E-state index is 0.209. The fraction of sp³-hybridized carbons (Fsp3) is 0.533. The third-order valence-corrected chi connectivity index (χ3v) is 4.40. The lowest BCUT2D eigenvalue weighted by molar-refractivity contribution is 0.405. The fourth-order valence-corrected chi connectivity index (χ4v) is 3.39. The van der Waals surface area contributed by atoms with Gasteiger partial charge < -0.3 is 4.57 Å². The van der Waals surface area contributed by atoms with Crippen LogP contribution in [0.3, 0.4) is 0 Å². The van der Waals surface area contributed by atoms with E-state index < -0.39 is 0 Å². The molecule has 1 saturated carbocycles. The van der Waals surface area contributed by atoms with Gasteiger partial charge >= 0.3 is 0 Å². The fourth-order valence-electron chi connectivity index (χ4n) is 3.24. The summed E-state index contributed by atoms with van der Waals surface area (Å²) in [6.45, 7) is 4.16. The van der Waals surface area contributed by atoms with Crippen molar-refractivity contribution in [3.63, 3.8) is 0 Å². The highest BCUT2D eigenvalue weighted by molar-refractivity contribution is 6.20. The highest BCUT2D eigenvalue weighted by Crippen LogP contribution is 2.40. The number of imidazole rings is 1. The van der Waals surface area contributed by atoms with Crippen LogP contribution in [0, 0.1) is 11.7 Å². The number of benzene rings is 1. The minimum Gasteiger partial charge on any atom is -0.323 e. The molecule has 102 valence electrons. The topological polar surface area (TPSA) is 17.8 Å². The van der Waals surface area contributed by atoms with Crippen molar-refractivity contribution in [1.82, 2.24) is 9.55 Å². The van der Waals surface area contributed by atoms with E-state index in [4.69, 9.17) is 11.6 Å². The second kappa shape index (κ2) is 4.78. The summed E-state index contributed by atoms with van der Waals surface area (Å²) in [4.78, 5) is 4.45. The zero-order valence-electron chi connectivity index (χ0n) is 11.2. The first-order valence-electron chi connectivity index (χ1n) is 6.90. The third-order valence-electron chi connectivity index (χ3n) is 4.20. The van der Waals surface area contributed by atoms with Crippen LogP contribution in [0.25, 0.3) is 11.0 Å². The number of para-hydroxylation sites is 1. The van der Waals surface area contributed by atoms with Gasteiger partial charge in [0.05, 0.1) is 10.9 Å². The molecule has 1 aliphatic carbocycles. The molecule has 0 saturated heterocycles. The Morgan fingerprint density at radius 2 is 2.21 bits per heavy atom. The first kappa shape index (κ1) is 12.9. The molecule has 2 nitrogen and oxygen atoms in total. The van der Waals surface area contributed by atoms with E-state index in [-0.39, 0.29) is 11.2 Å². The summed E-state index contributed by atoms with van der Waals surface area (Å²) >= 11 is 6.25. The van der Waals surface area contributed by atoms with Crippen molar-refractivity contribution in [2.45, 2.75) is 44.5 Å². The van der Waals surface area contributed by atoms with Crippen molar-refractivity contribution in [3.8, 4) is 0 Å². The second-order valence-electron chi connectivity index (χ2n) is 5.54. The van der Waals surface area contributed by atoms with Gasteiger partial charge in [0.25, 0.3) is 0 Å². The summed E-state index contributed by atoms with van der Waals surface area (Å²) in [7, 11) is 0. The summed E-state index contributed by atoms with van der Waals surface area (Å²) in [5, 5.41) is -0.209. The monoisotopic (exact) mass is 280 g/mol. The van der Waals surface area contributed by atoms with Gasteiger partial charge in [-0.1, -0.05) is 19.4 Å². The number of rotatable bonds is 2. The lowest BCUT2D eigenvalue weighted by Crippen LogP contribution is -2.15. The summed E-state index contributed by atoms with van der Waals surface area (Å²) in [6.07, 6.45) is 3.56. The van der Waals surface area contributed by atoms with Crippen LogP contribution < -0.4 is 0 Å². The molecule has 3 atom stereocenters. The van der Waals surface area contributed by atoms with Crippen LogP contribution in [-0.4, -0.2) is 9.55 Å². The van der Waals surface area contributed by atoms with Crippen LogP contribution in [0.15, 0.2) is 18.2 Å². The number of nitrogens with zero attached hydrogens (tertiary/aromatic N) is 2. The number of halogens is 2. The highest BCUT2D eigenvalue weighted by atomic mass is 35.5. The molecule has 1 fully saturated rings. The van der Waals surface area contributed by atoms with Crippen LogP contribution in [0.2, 0.25) is 0 Å². The normalized spacial score (nSPS) is 25.1. The van der Waals surface area contributed by atoms with Gasteiger partial charge in [-0.3, -0.25) is 0 Å². The average molecular weight is 281 g/mol. The van der Waals surface area contributed by atoms with Gasteiger partial charge in [0, 0.05) is 6.04 Å². The van der Waals surface area contributed by atoms with Crippen LogP contribution >= 0.6 is 11.6 Å². The van der Waals surface area contributed by atoms with E-state index >= 15 is 0 Å². The van der Waals surface area contributed by atoms with Gasteiger partial charge in [-0.2, -0.15) is 0 Å². The molecule has 2 aromatic rings. The predicted octanol–water partition coefficient (Wildman–Crippen LogP) is 4.84. The molecule has 3 rings (SSSR count). The van der Waals surface area contributed by atoms with E-state index in [1.807, 2.05) is 13.0 Å². The first-order chi connectivity index (χ1) is 9.09. The van der Waals surface area contributed by atoms with Crippen molar-refractivity contribution < 1.29 is 4.39 Å². The smallest absolute Gasteiger partial charge is 0.151 e. The molecule has 1 aromatic heterocycles. The largest absolute Gasteiger partial charge is 0.323 e. The standard InChI is InChI=1S/C15H18ClFN2/c1-9-5-3-7-12(9)19-13-8-4-6-11(17)14(13)18-15(19)10(2)16/h4,6,8-10,12H,3,5,7H2,1-2H3. The van der Waals surface area contributed by atoms with E-state index in [2.05, 4.69) is 16.5 Å². The van der Waals surface area contributed by atoms with Crippen molar-refractivity contribution in [2.24, 2.45) is 5.92 Å². The van der Waals surface area contributed by atoms with E-state index in [0.29, 0.717) is 17.5 Å². The van der Waals surface area contributed by atoms with Gasteiger partial charge in [0.1, 0.15) is 11.3 Å². The molecule has 1 aliphatic rings. The predicted molar refractivity (Wildman–Crippen MR) is 76.0 cm³/mol.